The lowest BCUT2D eigenvalue weighted by molar-refractivity contribution is 0.386. The summed E-state index contributed by atoms with van der Waals surface area (Å²) in [6.07, 6.45) is 4.66. The first-order valence-electron chi connectivity index (χ1n) is 6.73. The number of pyridine rings is 1. The zero-order chi connectivity index (χ0) is 14.4. The van der Waals surface area contributed by atoms with Gasteiger partial charge >= 0.3 is 0 Å². The zero-order valence-electron chi connectivity index (χ0n) is 11.8. The molecule has 0 atom stereocenters. The standard InChI is InChI=1S/C16H19FN2O/c1-3-6-18-9-12-7-14(11-19-10-12)13-4-5-16(20-2)15(17)8-13/h4-5,7-8,10-11,18H,3,6,9H2,1-2H3. The van der Waals surface area contributed by atoms with Gasteiger partial charge < -0.3 is 10.1 Å². The largest absolute Gasteiger partial charge is 0.494 e. The summed E-state index contributed by atoms with van der Waals surface area (Å²) in [6.45, 7) is 3.87. The van der Waals surface area contributed by atoms with Crippen LogP contribution in [0.1, 0.15) is 18.9 Å². The Morgan fingerprint density at radius 2 is 2.05 bits per heavy atom. The van der Waals surface area contributed by atoms with E-state index in [1.807, 2.05) is 18.3 Å². The van der Waals surface area contributed by atoms with Crippen molar-refractivity contribution in [1.29, 1.82) is 0 Å². The van der Waals surface area contributed by atoms with Gasteiger partial charge in [-0.15, -0.1) is 0 Å². The van der Waals surface area contributed by atoms with Crippen LogP contribution in [-0.2, 0) is 6.54 Å². The van der Waals surface area contributed by atoms with Gasteiger partial charge in [-0.2, -0.15) is 0 Å². The maximum atomic E-state index is 13.7. The van der Waals surface area contributed by atoms with E-state index in [4.69, 9.17) is 4.74 Å². The average molecular weight is 274 g/mol. The van der Waals surface area contributed by atoms with Crippen LogP contribution in [0.25, 0.3) is 11.1 Å². The highest BCUT2D eigenvalue weighted by atomic mass is 19.1. The predicted octanol–water partition coefficient (Wildman–Crippen LogP) is 3.40. The lowest BCUT2D eigenvalue weighted by Crippen LogP contribution is -2.13. The number of methoxy groups -OCH3 is 1. The van der Waals surface area contributed by atoms with Crippen molar-refractivity contribution in [3.8, 4) is 16.9 Å². The number of nitrogens with zero attached hydrogens (tertiary/aromatic N) is 1. The Labute approximate surface area is 118 Å². The van der Waals surface area contributed by atoms with E-state index in [0.29, 0.717) is 0 Å². The van der Waals surface area contributed by atoms with Crippen LogP contribution < -0.4 is 10.1 Å². The van der Waals surface area contributed by atoms with Crippen molar-refractivity contribution >= 4 is 0 Å². The monoisotopic (exact) mass is 274 g/mol. The number of benzene rings is 1. The molecule has 0 aliphatic heterocycles. The minimum Gasteiger partial charge on any atom is -0.494 e. The molecule has 0 unspecified atom stereocenters. The van der Waals surface area contributed by atoms with Crippen LogP contribution >= 0.6 is 0 Å². The Morgan fingerprint density at radius 3 is 2.75 bits per heavy atom. The Morgan fingerprint density at radius 1 is 1.20 bits per heavy atom. The average Bonchev–Trinajstić information content (AvgIpc) is 2.48. The summed E-state index contributed by atoms with van der Waals surface area (Å²) in [5, 5.41) is 3.33. The van der Waals surface area contributed by atoms with Crippen LogP contribution in [-0.4, -0.2) is 18.6 Å². The van der Waals surface area contributed by atoms with E-state index in [1.54, 1.807) is 12.3 Å². The first-order valence-corrected chi connectivity index (χ1v) is 6.73. The number of hydrogen-bond acceptors (Lipinski definition) is 3. The zero-order valence-corrected chi connectivity index (χ0v) is 11.8. The summed E-state index contributed by atoms with van der Waals surface area (Å²) in [5.74, 6) is -0.109. The van der Waals surface area contributed by atoms with E-state index in [1.165, 1.54) is 13.2 Å². The molecular formula is C16H19FN2O. The molecule has 0 amide bonds. The fraction of sp³-hybridized carbons (Fsp3) is 0.312. The molecule has 20 heavy (non-hydrogen) atoms. The highest BCUT2D eigenvalue weighted by molar-refractivity contribution is 5.64. The molecule has 4 heteroatoms. The molecule has 1 heterocycles. The molecule has 2 rings (SSSR count). The highest BCUT2D eigenvalue weighted by Gasteiger charge is 2.06. The summed E-state index contributed by atoms with van der Waals surface area (Å²) in [5.41, 5.74) is 2.79. The van der Waals surface area contributed by atoms with Crippen molar-refractivity contribution in [2.24, 2.45) is 0 Å². The molecule has 1 N–H and O–H groups in total. The third-order valence-corrected chi connectivity index (χ3v) is 3.04. The third kappa shape index (κ3) is 3.54. The number of ether oxygens (including phenoxy) is 1. The smallest absolute Gasteiger partial charge is 0.165 e. The summed E-state index contributed by atoms with van der Waals surface area (Å²) >= 11 is 0. The molecule has 1 aromatic carbocycles. The fourth-order valence-electron chi connectivity index (χ4n) is 2.00. The van der Waals surface area contributed by atoms with Gasteiger partial charge in [-0.05, 0) is 42.3 Å². The van der Waals surface area contributed by atoms with Crippen molar-refractivity contribution in [1.82, 2.24) is 10.3 Å². The Balaban J connectivity index is 2.19. The van der Waals surface area contributed by atoms with Gasteiger partial charge in [0.2, 0.25) is 0 Å². The Hall–Kier alpha value is -1.94. The second-order valence-corrected chi connectivity index (χ2v) is 4.61. The van der Waals surface area contributed by atoms with Crippen molar-refractivity contribution in [3.63, 3.8) is 0 Å². The minimum absolute atomic E-state index is 0.252. The third-order valence-electron chi connectivity index (χ3n) is 3.04. The van der Waals surface area contributed by atoms with Gasteiger partial charge in [-0.3, -0.25) is 4.98 Å². The summed E-state index contributed by atoms with van der Waals surface area (Å²) in [6, 6.07) is 6.96. The van der Waals surface area contributed by atoms with Crippen LogP contribution in [0.4, 0.5) is 4.39 Å². The van der Waals surface area contributed by atoms with E-state index in [-0.39, 0.29) is 11.6 Å². The van der Waals surface area contributed by atoms with Crippen molar-refractivity contribution in [2.75, 3.05) is 13.7 Å². The van der Waals surface area contributed by atoms with Crippen LogP contribution in [0.15, 0.2) is 36.7 Å². The molecule has 0 fully saturated rings. The van der Waals surface area contributed by atoms with E-state index in [9.17, 15) is 4.39 Å². The molecule has 0 aliphatic rings. The van der Waals surface area contributed by atoms with E-state index < -0.39 is 0 Å². The molecule has 0 saturated heterocycles. The summed E-state index contributed by atoms with van der Waals surface area (Å²) in [4.78, 5) is 4.22. The first kappa shape index (κ1) is 14.5. The van der Waals surface area contributed by atoms with Crippen LogP contribution in [0.5, 0.6) is 5.75 Å². The quantitative estimate of drug-likeness (QED) is 0.820. The molecule has 0 radical (unpaired) electrons. The van der Waals surface area contributed by atoms with Crippen molar-refractivity contribution in [2.45, 2.75) is 19.9 Å². The number of hydrogen-bond donors (Lipinski definition) is 1. The van der Waals surface area contributed by atoms with Crippen LogP contribution in [0.2, 0.25) is 0 Å². The molecule has 0 aliphatic carbocycles. The van der Waals surface area contributed by atoms with Crippen LogP contribution in [0.3, 0.4) is 0 Å². The van der Waals surface area contributed by atoms with Gasteiger partial charge in [0.25, 0.3) is 0 Å². The molecular weight excluding hydrogens is 255 g/mol. The first-order chi connectivity index (χ1) is 9.74. The van der Waals surface area contributed by atoms with Gasteiger partial charge in [0.15, 0.2) is 11.6 Å². The minimum atomic E-state index is -0.362. The summed E-state index contributed by atoms with van der Waals surface area (Å²) < 4.78 is 18.7. The van der Waals surface area contributed by atoms with Gasteiger partial charge in [0.05, 0.1) is 7.11 Å². The summed E-state index contributed by atoms with van der Waals surface area (Å²) in [7, 11) is 1.46. The molecule has 3 nitrogen and oxygen atoms in total. The normalized spacial score (nSPS) is 10.6. The SMILES string of the molecule is CCCNCc1cncc(-c2ccc(OC)c(F)c2)c1. The van der Waals surface area contributed by atoms with Crippen molar-refractivity contribution in [3.05, 3.63) is 48.0 Å². The topological polar surface area (TPSA) is 34.2 Å². The van der Waals surface area contributed by atoms with E-state index in [2.05, 4.69) is 17.2 Å². The predicted molar refractivity (Wildman–Crippen MR) is 78.2 cm³/mol. The second kappa shape index (κ2) is 7.01. The molecule has 2 aromatic rings. The maximum Gasteiger partial charge on any atom is 0.165 e. The molecule has 1 aromatic heterocycles. The molecule has 0 saturated carbocycles. The number of rotatable bonds is 6. The van der Waals surface area contributed by atoms with Gasteiger partial charge in [0, 0.05) is 24.5 Å². The van der Waals surface area contributed by atoms with E-state index >= 15 is 0 Å². The van der Waals surface area contributed by atoms with E-state index in [0.717, 1.165) is 36.2 Å². The number of nitrogens with one attached hydrogen (secondary N) is 1. The lowest BCUT2D eigenvalue weighted by atomic mass is 10.1. The fourth-order valence-corrected chi connectivity index (χ4v) is 2.00. The Kier molecular flexibility index (Phi) is 5.07. The molecule has 0 bridgehead atoms. The lowest BCUT2D eigenvalue weighted by Gasteiger charge is -2.08. The van der Waals surface area contributed by atoms with Crippen molar-refractivity contribution < 1.29 is 9.13 Å². The number of halogens is 1. The molecule has 0 spiro atoms. The van der Waals surface area contributed by atoms with Crippen LogP contribution in [0, 0.1) is 5.82 Å². The van der Waals surface area contributed by atoms with Gasteiger partial charge in [-0.25, -0.2) is 4.39 Å². The second-order valence-electron chi connectivity index (χ2n) is 4.61. The number of aromatic nitrogens is 1. The molecule has 106 valence electrons. The van der Waals surface area contributed by atoms with Gasteiger partial charge in [-0.1, -0.05) is 13.0 Å². The maximum absolute atomic E-state index is 13.7. The Bertz CT molecular complexity index is 572. The van der Waals surface area contributed by atoms with Gasteiger partial charge in [0.1, 0.15) is 0 Å². The highest BCUT2D eigenvalue weighted by Crippen LogP contribution is 2.25.